The van der Waals surface area contributed by atoms with E-state index in [1.807, 2.05) is 23.1 Å². The number of amides is 1. The normalized spacial score (nSPS) is 14.4. The maximum atomic E-state index is 12.5. The van der Waals surface area contributed by atoms with Crippen LogP contribution in [0.15, 0.2) is 54.6 Å². The van der Waals surface area contributed by atoms with Crippen LogP contribution in [0.1, 0.15) is 24.0 Å². The molecule has 6 nitrogen and oxygen atoms in total. The first-order valence-electron chi connectivity index (χ1n) is 10.6. The van der Waals surface area contributed by atoms with Crippen molar-refractivity contribution in [3.8, 4) is 17.6 Å². The molecule has 1 heterocycles. The van der Waals surface area contributed by atoms with Gasteiger partial charge in [0.15, 0.2) is 11.5 Å². The number of nitrogens with zero attached hydrogens (tertiary/aromatic N) is 3. The molecule has 0 N–H and O–H groups in total. The van der Waals surface area contributed by atoms with E-state index in [2.05, 4.69) is 35.3 Å². The van der Waals surface area contributed by atoms with Gasteiger partial charge in [0.25, 0.3) is 0 Å². The molecule has 162 valence electrons. The van der Waals surface area contributed by atoms with Crippen LogP contribution in [0.3, 0.4) is 0 Å². The molecule has 1 fully saturated rings. The van der Waals surface area contributed by atoms with Crippen molar-refractivity contribution in [1.82, 2.24) is 9.80 Å². The van der Waals surface area contributed by atoms with Crippen molar-refractivity contribution in [3.05, 3.63) is 65.7 Å². The standard InChI is InChI=1S/C25H29N3O3/c1-30-24-19-22(20-26)11-12-23(24)31-18-6-10-25(29)28-16-14-27(15-17-28)13-5-9-21-7-3-2-4-8-21/h2-5,7-9,11-12,19H,6,10,13-18H2,1H3/b9-5+. The van der Waals surface area contributed by atoms with Crippen molar-refractivity contribution in [3.63, 3.8) is 0 Å². The summed E-state index contributed by atoms with van der Waals surface area (Å²) >= 11 is 0. The summed E-state index contributed by atoms with van der Waals surface area (Å²) < 4.78 is 11.0. The van der Waals surface area contributed by atoms with E-state index in [0.717, 1.165) is 32.7 Å². The minimum absolute atomic E-state index is 0.176. The quantitative estimate of drug-likeness (QED) is 0.581. The van der Waals surface area contributed by atoms with Gasteiger partial charge in [-0.1, -0.05) is 42.5 Å². The molecular formula is C25H29N3O3. The third-order valence-corrected chi connectivity index (χ3v) is 5.28. The second-order valence-electron chi connectivity index (χ2n) is 7.42. The number of piperazine rings is 1. The van der Waals surface area contributed by atoms with Crippen LogP contribution in [0.25, 0.3) is 6.08 Å². The minimum atomic E-state index is 0.176. The van der Waals surface area contributed by atoms with Gasteiger partial charge in [-0.2, -0.15) is 5.26 Å². The van der Waals surface area contributed by atoms with Gasteiger partial charge < -0.3 is 14.4 Å². The lowest BCUT2D eigenvalue weighted by atomic mass is 10.2. The molecule has 0 aromatic heterocycles. The zero-order chi connectivity index (χ0) is 21.9. The summed E-state index contributed by atoms with van der Waals surface area (Å²) in [5, 5.41) is 8.96. The van der Waals surface area contributed by atoms with E-state index >= 15 is 0 Å². The van der Waals surface area contributed by atoms with Crippen LogP contribution in [0, 0.1) is 11.3 Å². The number of hydrogen-bond acceptors (Lipinski definition) is 5. The molecule has 1 saturated heterocycles. The average Bonchev–Trinajstić information content (AvgIpc) is 2.82. The highest BCUT2D eigenvalue weighted by Gasteiger charge is 2.20. The minimum Gasteiger partial charge on any atom is -0.493 e. The summed E-state index contributed by atoms with van der Waals surface area (Å²) in [7, 11) is 1.55. The summed E-state index contributed by atoms with van der Waals surface area (Å²) in [5.41, 5.74) is 1.73. The van der Waals surface area contributed by atoms with Gasteiger partial charge in [0, 0.05) is 45.2 Å². The number of rotatable bonds is 9. The van der Waals surface area contributed by atoms with Crippen molar-refractivity contribution in [1.29, 1.82) is 5.26 Å². The van der Waals surface area contributed by atoms with Crippen molar-refractivity contribution >= 4 is 12.0 Å². The maximum absolute atomic E-state index is 12.5. The van der Waals surface area contributed by atoms with E-state index in [-0.39, 0.29) is 5.91 Å². The average molecular weight is 420 g/mol. The van der Waals surface area contributed by atoms with Gasteiger partial charge in [-0.15, -0.1) is 0 Å². The second kappa shape index (κ2) is 11.8. The van der Waals surface area contributed by atoms with Gasteiger partial charge in [0.05, 0.1) is 25.3 Å². The molecule has 0 spiro atoms. The first kappa shape index (κ1) is 22.4. The number of ether oxygens (including phenoxy) is 2. The maximum Gasteiger partial charge on any atom is 0.222 e. The highest BCUT2D eigenvalue weighted by atomic mass is 16.5. The smallest absolute Gasteiger partial charge is 0.222 e. The third-order valence-electron chi connectivity index (χ3n) is 5.28. The Morgan fingerprint density at radius 2 is 1.87 bits per heavy atom. The fourth-order valence-corrected chi connectivity index (χ4v) is 3.50. The van der Waals surface area contributed by atoms with Crippen molar-refractivity contribution in [2.75, 3.05) is 46.4 Å². The van der Waals surface area contributed by atoms with E-state index in [1.165, 1.54) is 5.56 Å². The van der Waals surface area contributed by atoms with Crippen molar-refractivity contribution in [2.24, 2.45) is 0 Å². The molecular weight excluding hydrogens is 390 g/mol. The van der Waals surface area contributed by atoms with Crippen molar-refractivity contribution in [2.45, 2.75) is 12.8 Å². The van der Waals surface area contributed by atoms with Gasteiger partial charge >= 0.3 is 0 Å². The summed E-state index contributed by atoms with van der Waals surface area (Å²) in [6.07, 6.45) is 5.43. The highest BCUT2D eigenvalue weighted by Crippen LogP contribution is 2.28. The molecule has 1 aliphatic rings. The lowest BCUT2D eigenvalue weighted by Gasteiger charge is -2.34. The molecule has 0 aliphatic carbocycles. The SMILES string of the molecule is COc1cc(C#N)ccc1OCCCC(=O)N1CCN(C/C=C/c2ccccc2)CC1. The third kappa shape index (κ3) is 6.87. The molecule has 6 heteroatoms. The Morgan fingerprint density at radius 3 is 2.58 bits per heavy atom. The molecule has 0 saturated carbocycles. The molecule has 0 radical (unpaired) electrons. The Labute approximate surface area is 184 Å². The van der Waals surface area contributed by atoms with Gasteiger partial charge in [-0.05, 0) is 24.1 Å². The van der Waals surface area contributed by atoms with Gasteiger partial charge in [-0.3, -0.25) is 9.69 Å². The van der Waals surface area contributed by atoms with Crippen LogP contribution in [-0.4, -0.2) is 62.1 Å². The number of methoxy groups -OCH3 is 1. The molecule has 1 aliphatic heterocycles. The monoisotopic (exact) mass is 419 g/mol. The fourth-order valence-electron chi connectivity index (χ4n) is 3.50. The zero-order valence-corrected chi connectivity index (χ0v) is 18.0. The number of carbonyl (C=O) groups excluding carboxylic acids is 1. The molecule has 0 atom stereocenters. The summed E-state index contributed by atoms with van der Waals surface area (Å²) in [4.78, 5) is 16.8. The van der Waals surface area contributed by atoms with Gasteiger partial charge in [0.1, 0.15) is 0 Å². The second-order valence-corrected chi connectivity index (χ2v) is 7.42. The van der Waals surface area contributed by atoms with Crippen LogP contribution >= 0.6 is 0 Å². The summed E-state index contributed by atoms with van der Waals surface area (Å²) in [6, 6.07) is 17.4. The number of nitriles is 1. The Hall–Kier alpha value is -3.30. The number of carbonyl (C=O) groups is 1. The molecule has 3 rings (SSSR count). The predicted octanol–water partition coefficient (Wildman–Crippen LogP) is 3.58. The van der Waals surface area contributed by atoms with E-state index in [9.17, 15) is 4.79 Å². The summed E-state index contributed by atoms with van der Waals surface area (Å²) in [6.45, 7) is 4.65. The number of benzene rings is 2. The van der Waals surface area contributed by atoms with Crippen LogP contribution in [0.2, 0.25) is 0 Å². The van der Waals surface area contributed by atoms with Crippen LogP contribution in [-0.2, 0) is 4.79 Å². The zero-order valence-electron chi connectivity index (χ0n) is 18.0. The van der Waals surface area contributed by atoms with E-state index in [4.69, 9.17) is 14.7 Å². The summed E-state index contributed by atoms with van der Waals surface area (Å²) in [5.74, 6) is 1.30. The Balaban J connectivity index is 1.34. The lowest BCUT2D eigenvalue weighted by Crippen LogP contribution is -2.48. The van der Waals surface area contributed by atoms with Crippen molar-refractivity contribution < 1.29 is 14.3 Å². The molecule has 0 bridgehead atoms. The first-order chi connectivity index (χ1) is 15.2. The predicted molar refractivity (Wildman–Crippen MR) is 121 cm³/mol. The molecule has 31 heavy (non-hydrogen) atoms. The molecule has 2 aromatic carbocycles. The Kier molecular flexibility index (Phi) is 8.50. The largest absolute Gasteiger partial charge is 0.493 e. The topological polar surface area (TPSA) is 65.8 Å². The van der Waals surface area contributed by atoms with E-state index in [0.29, 0.717) is 36.5 Å². The Bertz CT molecular complexity index is 913. The molecule has 1 amide bonds. The van der Waals surface area contributed by atoms with Crippen LogP contribution in [0.5, 0.6) is 11.5 Å². The Morgan fingerprint density at radius 1 is 1.10 bits per heavy atom. The number of hydrogen-bond donors (Lipinski definition) is 0. The molecule has 2 aromatic rings. The van der Waals surface area contributed by atoms with Crippen LogP contribution < -0.4 is 9.47 Å². The van der Waals surface area contributed by atoms with Crippen LogP contribution in [0.4, 0.5) is 0 Å². The first-order valence-corrected chi connectivity index (χ1v) is 10.6. The lowest BCUT2D eigenvalue weighted by molar-refractivity contribution is -0.133. The fraction of sp³-hybridized carbons (Fsp3) is 0.360. The highest BCUT2D eigenvalue weighted by molar-refractivity contribution is 5.76. The van der Waals surface area contributed by atoms with E-state index < -0.39 is 0 Å². The van der Waals surface area contributed by atoms with Gasteiger partial charge in [0.2, 0.25) is 5.91 Å². The molecule has 0 unspecified atom stereocenters. The van der Waals surface area contributed by atoms with E-state index in [1.54, 1.807) is 25.3 Å². The van der Waals surface area contributed by atoms with Gasteiger partial charge in [-0.25, -0.2) is 0 Å².